The lowest BCUT2D eigenvalue weighted by molar-refractivity contribution is 0.532. The Morgan fingerprint density at radius 2 is 2.29 bits per heavy atom. The number of hydrogen-bond donors (Lipinski definition) is 1. The molecule has 0 saturated heterocycles. The monoisotopic (exact) mass is 233 g/mol. The van der Waals surface area contributed by atoms with E-state index in [9.17, 15) is 0 Å². The largest absolute Gasteiger partial charge is 0.449 e. The molecule has 0 amide bonds. The third-order valence-corrected chi connectivity index (χ3v) is 3.11. The molecular formula is C10H16ClNOS. The van der Waals surface area contributed by atoms with Crippen molar-refractivity contribution in [2.75, 3.05) is 19.3 Å². The van der Waals surface area contributed by atoms with Crippen molar-refractivity contribution in [2.45, 2.75) is 18.6 Å². The molecule has 1 rings (SSSR count). The Balaban J connectivity index is 1.99. The van der Waals surface area contributed by atoms with Crippen LogP contribution < -0.4 is 5.32 Å². The van der Waals surface area contributed by atoms with Gasteiger partial charge in [-0.3, -0.25) is 0 Å². The fourth-order valence-electron chi connectivity index (χ4n) is 1.11. The summed E-state index contributed by atoms with van der Waals surface area (Å²) in [5, 5.41) is 3.62. The second kappa shape index (κ2) is 7.21. The lowest BCUT2D eigenvalue weighted by Gasteiger charge is -1.99. The molecule has 80 valence electrons. The van der Waals surface area contributed by atoms with Crippen LogP contribution in [-0.4, -0.2) is 19.3 Å². The van der Waals surface area contributed by atoms with E-state index in [-0.39, 0.29) is 0 Å². The van der Waals surface area contributed by atoms with Crippen LogP contribution in [0.15, 0.2) is 16.5 Å². The standard InChI is InChI=1S/C10H16ClNOS/c1-12-6-2-3-7-14-8-9-4-5-10(11)13-9/h4-5,12H,2-3,6-8H2,1H3. The third kappa shape index (κ3) is 4.94. The predicted octanol–water partition coefficient (Wildman–Crippen LogP) is 3.17. The summed E-state index contributed by atoms with van der Waals surface area (Å²) in [4.78, 5) is 0. The second-order valence-corrected chi connectivity index (χ2v) is 4.55. The van der Waals surface area contributed by atoms with Gasteiger partial charge in [0.05, 0.1) is 5.75 Å². The third-order valence-electron chi connectivity index (χ3n) is 1.84. The normalized spacial score (nSPS) is 10.7. The van der Waals surface area contributed by atoms with Crippen molar-refractivity contribution in [2.24, 2.45) is 0 Å². The maximum atomic E-state index is 5.66. The van der Waals surface area contributed by atoms with Crippen molar-refractivity contribution >= 4 is 23.4 Å². The Hall–Kier alpha value is -0.120. The van der Waals surface area contributed by atoms with E-state index < -0.39 is 0 Å². The number of rotatable bonds is 7. The Morgan fingerprint density at radius 3 is 2.93 bits per heavy atom. The van der Waals surface area contributed by atoms with Crippen LogP contribution in [0.3, 0.4) is 0 Å². The smallest absolute Gasteiger partial charge is 0.193 e. The van der Waals surface area contributed by atoms with Gasteiger partial charge in [0.25, 0.3) is 0 Å². The van der Waals surface area contributed by atoms with Crippen molar-refractivity contribution in [3.8, 4) is 0 Å². The van der Waals surface area contributed by atoms with Crippen LogP contribution in [0.25, 0.3) is 0 Å². The van der Waals surface area contributed by atoms with Gasteiger partial charge in [0.15, 0.2) is 5.22 Å². The zero-order chi connectivity index (χ0) is 10.2. The highest BCUT2D eigenvalue weighted by Gasteiger charge is 1.99. The molecule has 0 aliphatic rings. The van der Waals surface area contributed by atoms with Gasteiger partial charge in [0.2, 0.25) is 0 Å². The summed E-state index contributed by atoms with van der Waals surface area (Å²) < 4.78 is 5.24. The highest BCUT2D eigenvalue weighted by atomic mass is 35.5. The van der Waals surface area contributed by atoms with E-state index in [1.807, 2.05) is 24.9 Å². The zero-order valence-corrected chi connectivity index (χ0v) is 9.96. The van der Waals surface area contributed by atoms with Crippen molar-refractivity contribution in [3.05, 3.63) is 23.1 Å². The summed E-state index contributed by atoms with van der Waals surface area (Å²) in [6, 6.07) is 3.72. The van der Waals surface area contributed by atoms with E-state index in [4.69, 9.17) is 16.0 Å². The fourth-order valence-corrected chi connectivity index (χ4v) is 2.18. The summed E-state index contributed by atoms with van der Waals surface area (Å²) in [6.07, 6.45) is 2.49. The molecule has 0 bridgehead atoms. The van der Waals surface area contributed by atoms with Gasteiger partial charge >= 0.3 is 0 Å². The van der Waals surface area contributed by atoms with E-state index >= 15 is 0 Å². The highest BCUT2D eigenvalue weighted by Crippen LogP contribution is 2.18. The van der Waals surface area contributed by atoms with Gasteiger partial charge in [-0.2, -0.15) is 11.8 Å². The molecule has 14 heavy (non-hydrogen) atoms. The summed E-state index contributed by atoms with van der Waals surface area (Å²) in [6.45, 7) is 1.10. The number of furan rings is 1. The molecule has 0 saturated carbocycles. The molecule has 4 heteroatoms. The molecule has 1 N–H and O–H groups in total. The lowest BCUT2D eigenvalue weighted by Crippen LogP contribution is -2.07. The topological polar surface area (TPSA) is 25.2 Å². The van der Waals surface area contributed by atoms with Crippen molar-refractivity contribution in [3.63, 3.8) is 0 Å². The summed E-state index contributed by atoms with van der Waals surface area (Å²) >= 11 is 7.55. The highest BCUT2D eigenvalue weighted by molar-refractivity contribution is 7.98. The van der Waals surface area contributed by atoms with Gasteiger partial charge in [-0.25, -0.2) is 0 Å². The summed E-state index contributed by atoms with van der Waals surface area (Å²) in [5.41, 5.74) is 0. The van der Waals surface area contributed by atoms with Crippen LogP contribution in [0.5, 0.6) is 0 Å². The summed E-state index contributed by atoms with van der Waals surface area (Å²) in [5.74, 6) is 3.07. The van der Waals surface area contributed by atoms with E-state index in [1.54, 1.807) is 6.07 Å². The molecule has 0 aliphatic heterocycles. The number of unbranched alkanes of at least 4 members (excludes halogenated alkanes) is 1. The first-order chi connectivity index (χ1) is 6.83. The molecule has 0 unspecified atom stereocenters. The molecule has 0 atom stereocenters. The van der Waals surface area contributed by atoms with Crippen molar-refractivity contribution in [1.29, 1.82) is 0 Å². The van der Waals surface area contributed by atoms with Crippen molar-refractivity contribution < 1.29 is 4.42 Å². The second-order valence-electron chi connectivity index (χ2n) is 3.07. The fraction of sp³-hybridized carbons (Fsp3) is 0.600. The van der Waals surface area contributed by atoms with Crippen LogP contribution in [0.4, 0.5) is 0 Å². The van der Waals surface area contributed by atoms with Gasteiger partial charge in [0, 0.05) is 0 Å². The molecule has 1 aromatic heterocycles. The molecule has 0 aromatic carbocycles. The molecule has 1 heterocycles. The quantitative estimate of drug-likeness (QED) is 0.733. The van der Waals surface area contributed by atoms with Crippen LogP contribution >= 0.6 is 23.4 Å². The predicted molar refractivity (Wildman–Crippen MR) is 63.0 cm³/mol. The molecule has 0 aliphatic carbocycles. The van der Waals surface area contributed by atoms with Crippen LogP contribution in [0.2, 0.25) is 5.22 Å². The van der Waals surface area contributed by atoms with Crippen LogP contribution in [-0.2, 0) is 5.75 Å². The molecular weight excluding hydrogens is 218 g/mol. The first-order valence-corrected chi connectivity index (χ1v) is 6.33. The van der Waals surface area contributed by atoms with Gasteiger partial charge in [-0.15, -0.1) is 0 Å². The van der Waals surface area contributed by atoms with Crippen LogP contribution in [0.1, 0.15) is 18.6 Å². The minimum atomic E-state index is 0.482. The number of halogens is 1. The van der Waals surface area contributed by atoms with Gasteiger partial charge < -0.3 is 9.73 Å². The molecule has 0 spiro atoms. The average molecular weight is 234 g/mol. The number of hydrogen-bond acceptors (Lipinski definition) is 3. The van der Waals surface area contributed by atoms with Crippen LogP contribution in [0, 0.1) is 0 Å². The lowest BCUT2D eigenvalue weighted by atomic mass is 10.3. The summed E-state index contributed by atoms with van der Waals surface area (Å²) in [7, 11) is 1.98. The van der Waals surface area contributed by atoms with Crippen molar-refractivity contribution in [1.82, 2.24) is 5.32 Å². The van der Waals surface area contributed by atoms with E-state index in [2.05, 4.69) is 5.32 Å². The SMILES string of the molecule is CNCCCCSCc1ccc(Cl)o1. The number of nitrogens with one attached hydrogen (secondary N) is 1. The maximum Gasteiger partial charge on any atom is 0.193 e. The van der Waals surface area contributed by atoms with Gasteiger partial charge in [0.1, 0.15) is 5.76 Å². The Kier molecular flexibility index (Phi) is 6.15. The minimum absolute atomic E-state index is 0.482. The molecule has 0 fully saturated rings. The first-order valence-electron chi connectivity index (χ1n) is 4.79. The van der Waals surface area contributed by atoms with Gasteiger partial charge in [-0.1, -0.05) is 0 Å². The maximum absolute atomic E-state index is 5.66. The Morgan fingerprint density at radius 1 is 1.43 bits per heavy atom. The zero-order valence-electron chi connectivity index (χ0n) is 8.38. The minimum Gasteiger partial charge on any atom is -0.449 e. The molecule has 1 aromatic rings. The van der Waals surface area contributed by atoms with E-state index in [0.29, 0.717) is 5.22 Å². The first kappa shape index (κ1) is 12.0. The Labute approximate surface area is 94.4 Å². The Bertz CT molecular complexity index is 252. The van der Waals surface area contributed by atoms with Gasteiger partial charge in [-0.05, 0) is 55.9 Å². The number of thioether (sulfide) groups is 1. The average Bonchev–Trinajstić information content (AvgIpc) is 2.58. The van der Waals surface area contributed by atoms with E-state index in [1.165, 1.54) is 18.6 Å². The van der Waals surface area contributed by atoms with E-state index in [0.717, 1.165) is 18.1 Å². The molecule has 0 radical (unpaired) electrons. The molecule has 2 nitrogen and oxygen atoms in total.